The van der Waals surface area contributed by atoms with Gasteiger partial charge in [-0.25, -0.2) is 0 Å². The molecule has 8 nitrogen and oxygen atoms in total. The topological polar surface area (TPSA) is 156 Å². The highest BCUT2D eigenvalue weighted by atomic mass is 16.4. The van der Waals surface area contributed by atoms with Gasteiger partial charge in [0.15, 0.2) is 0 Å². The number of carbonyl (C=O) groups excluding carboxylic acids is 1. The van der Waals surface area contributed by atoms with Crippen molar-refractivity contribution in [1.29, 1.82) is 0 Å². The van der Waals surface area contributed by atoms with E-state index in [1.165, 1.54) is 0 Å². The van der Waals surface area contributed by atoms with E-state index >= 15 is 0 Å². The molecule has 19 heavy (non-hydrogen) atoms. The zero-order valence-corrected chi connectivity index (χ0v) is 10.7. The van der Waals surface area contributed by atoms with Crippen LogP contribution in [0.25, 0.3) is 0 Å². The van der Waals surface area contributed by atoms with Gasteiger partial charge in [0, 0.05) is 13.0 Å². The molecular formula is C11H21N3O5. The minimum Gasteiger partial charge on any atom is -0.481 e. The van der Waals surface area contributed by atoms with Crippen molar-refractivity contribution in [3.05, 3.63) is 0 Å². The van der Waals surface area contributed by atoms with Crippen molar-refractivity contribution in [3.8, 4) is 0 Å². The van der Waals surface area contributed by atoms with Gasteiger partial charge in [-0.15, -0.1) is 0 Å². The summed E-state index contributed by atoms with van der Waals surface area (Å²) < 4.78 is 0. The SMILES string of the molecule is N[C@@H](CCCCNC(=O)[C@@H](N)CCC(=O)O)C(=O)O. The predicted octanol–water partition coefficient (Wildman–Crippen LogP) is -1.12. The van der Waals surface area contributed by atoms with Crippen LogP contribution >= 0.6 is 0 Å². The van der Waals surface area contributed by atoms with Crippen LogP contribution in [0.4, 0.5) is 0 Å². The number of nitrogens with two attached hydrogens (primary N) is 2. The van der Waals surface area contributed by atoms with E-state index in [1.54, 1.807) is 0 Å². The first-order valence-corrected chi connectivity index (χ1v) is 6.08. The molecule has 0 bridgehead atoms. The maximum atomic E-state index is 11.4. The molecule has 0 rings (SSSR count). The van der Waals surface area contributed by atoms with Crippen LogP contribution < -0.4 is 16.8 Å². The lowest BCUT2D eigenvalue weighted by Gasteiger charge is -2.11. The number of amides is 1. The quantitative estimate of drug-likeness (QED) is 0.316. The van der Waals surface area contributed by atoms with E-state index in [0.717, 1.165) is 0 Å². The summed E-state index contributed by atoms with van der Waals surface area (Å²) in [6, 6.07) is -1.72. The van der Waals surface area contributed by atoms with Crippen LogP contribution in [0.2, 0.25) is 0 Å². The van der Waals surface area contributed by atoms with Gasteiger partial charge in [0.1, 0.15) is 6.04 Å². The minimum atomic E-state index is -1.04. The second-order valence-corrected chi connectivity index (χ2v) is 4.27. The number of carboxylic acid groups (broad SMARTS) is 2. The first kappa shape index (κ1) is 17.3. The van der Waals surface area contributed by atoms with E-state index in [1.807, 2.05) is 0 Å². The third kappa shape index (κ3) is 8.97. The van der Waals surface area contributed by atoms with Crippen LogP contribution in [0.5, 0.6) is 0 Å². The summed E-state index contributed by atoms with van der Waals surface area (Å²) in [5.41, 5.74) is 10.8. The first-order valence-electron chi connectivity index (χ1n) is 6.08. The molecule has 0 saturated carbocycles. The number of hydrogen-bond acceptors (Lipinski definition) is 5. The Labute approximate surface area is 111 Å². The highest BCUT2D eigenvalue weighted by Gasteiger charge is 2.14. The lowest BCUT2D eigenvalue weighted by molar-refractivity contribution is -0.139. The highest BCUT2D eigenvalue weighted by Crippen LogP contribution is 1.99. The molecule has 1 amide bonds. The maximum Gasteiger partial charge on any atom is 0.320 e. The number of carbonyl (C=O) groups is 3. The molecule has 0 aliphatic rings. The number of nitrogens with one attached hydrogen (secondary N) is 1. The van der Waals surface area contributed by atoms with Gasteiger partial charge in [0.05, 0.1) is 6.04 Å². The van der Waals surface area contributed by atoms with Gasteiger partial charge in [-0.05, 0) is 25.7 Å². The first-order chi connectivity index (χ1) is 8.84. The van der Waals surface area contributed by atoms with Gasteiger partial charge in [0.25, 0.3) is 0 Å². The summed E-state index contributed by atoms with van der Waals surface area (Å²) in [6.07, 6.45) is 1.46. The summed E-state index contributed by atoms with van der Waals surface area (Å²) in [6.45, 7) is 0.367. The van der Waals surface area contributed by atoms with Crippen LogP contribution in [-0.2, 0) is 14.4 Å². The molecule has 0 unspecified atom stereocenters. The molecule has 0 aliphatic carbocycles. The molecule has 0 saturated heterocycles. The predicted molar refractivity (Wildman–Crippen MR) is 67.3 cm³/mol. The highest BCUT2D eigenvalue weighted by molar-refractivity contribution is 5.82. The standard InChI is InChI=1S/C11H21N3O5/c12-7(4-5-9(15)16)10(17)14-6-2-1-3-8(13)11(18)19/h7-8H,1-6,12-13H2,(H,14,17)(H,15,16)(H,18,19)/t7-,8-/m0/s1. The number of aliphatic carboxylic acids is 2. The Kier molecular flexibility index (Phi) is 8.47. The molecule has 0 fully saturated rings. The lowest BCUT2D eigenvalue weighted by atomic mass is 10.1. The fourth-order valence-corrected chi connectivity index (χ4v) is 1.37. The van der Waals surface area contributed by atoms with Gasteiger partial charge in [0.2, 0.25) is 5.91 Å². The number of unbranched alkanes of at least 4 members (excludes halogenated alkanes) is 1. The molecule has 2 atom stereocenters. The normalized spacial score (nSPS) is 13.6. The fraction of sp³-hybridized carbons (Fsp3) is 0.727. The molecule has 0 radical (unpaired) electrons. The van der Waals surface area contributed by atoms with E-state index in [2.05, 4.69) is 5.32 Å². The van der Waals surface area contributed by atoms with Crippen molar-refractivity contribution in [2.24, 2.45) is 11.5 Å². The molecule has 0 aromatic carbocycles. The molecule has 0 spiro atoms. The van der Waals surface area contributed by atoms with Crippen LogP contribution in [0.1, 0.15) is 32.1 Å². The van der Waals surface area contributed by atoms with E-state index in [-0.39, 0.29) is 12.8 Å². The number of rotatable bonds is 10. The zero-order valence-electron chi connectivity index (χ0n) is 10.7. The van der Waals surface area contributed by atoms with Crippen molar-refractivity contribution in [2.75, 3.05) is 6.54 Å². The Bertz CT molecular complexity index is 321. The summed E-state index contributed by atoms with van der Waals surface area (Å²) in [5, 5.41) is 19.5. The second-order valence-electron chi connectivity index (χ2n) is 4.27. The Hall–Kier alpha value is -1.67. The average Bonchev–Trinajstić information content (AvgIpc) is 2.34. The van der Waals surface area contributed by atoms with Crippen molar-refractivity contribution >= 4 is 17.8 Å². The lowest BCUT2D eigenvalue weighted by Crippen LogP contribution is -2.41. The summed E-state index contributed by atoms with van der Waals surface area (Å²) >= 11 is 0. The molecule has 0 aromatic heterocycles. The maximum absolute atomic E-state index is 11.4. The molecular weight excluding hydrogens is 254 g/mol. The fourth-order valence-electron chi connectivity index (χ4n) is 1.37. The van der Waals surface area contributed by atoms with Crippen molar-refractivity contribution < 1.29 is 24.6 Å². The van der Waals surface area contributed by atoms with Crippen LogP contribution in [0.15, 0.2) is 0 Å². The molecule has 110 valence electrons. The van der Waals surface area contributed by atoms with E-state index < -0.39 is 29.9 Å². The largest absolute Gasteiger partial charge is 0.481 e. The van der Waals surface area contributed by atoms with Crippen LogP contribution in [-0.4, -0.2) is 46.7 Å². The molecule has 0 aromatic rings. The van der Waals surface area contributed by atoms with Gasteiger partial charge in [-0.3, -0.25) is 14.4 Å². The zero-order chi connectivity index (χ0) is 14.8. The Balaban J connectivity index is 3.63. The Morgan fingerprint density at radius 2 is 1.63 bits per heavy atom. The summed E-state index contributed by atoms with van der Waals surface area (Å²) in [7, 11) is 0. The minimum absolute atomic E-state index is 0.0883. The van der Waals surface area contributed by atoms with Crippen LogP contribution in [0.3, 0.4) is 0 Å². The third-order valence-electron chi connectivity index (χ3n) is 2.56. The van der Waals surface area contributed by atoms with Crippen LogP contribution in [0, 0.1) is 0 Å². The summed E-state index contributed by atoms with van der Waals surface area (Å²) in [4.78, 5) is 32.1. The van der Waals surface area contributed by atoms with Gasteiger partial charge < -0.3 is 27.0 Å². The van der Waals surface area contributed by atoms with Gasteiger partial charge >= 0.3 is 11.9 Å². The Morgan fingerprint density at radius 3 is 2.16 bits per heavy atom. The van der Waals surface area contributed by atoms with Crippen molar-refractivity contribution in [2.45, 2.75) is 44.2 Å². The van der Waals surface area contributed by atoms with Gasteiger partial charge in [-0.2, -0.15) is 0 Å². The number of hydrogen-bond donors (Lipinski definition) is 5. The average molecular weight is 275 g/mol. The summed E-state index contributed by atoms with van der Waals surface area (Å²) in [5.74, 6) is -2.44. The number of carboxylic acids is 2. The van der Waals surface area contributed by atoms with E-state index in [0.29, 0.717) is 25.8 Å². The van der Waals surface area contributed by atoms with Crippen molar-refractivity contribution in [3.63, 3.8) is 0 Å². The third-order valence-corrected chi connectivity index (χ3v) is 2.56. The molecule has 0 aliphatic heterocycles. The van der Waals surface area contributed by atoms with E-state index in [9.17, 15) is 14.4 Å². The van der Waals surface area contributed by atoms with Crippen molar-refractivity contribution in [1.82, 2.24) is 5.32 Å². The van der Waals surface area contributed by atoms with Gasteiger partial charge in [-0.1, -0.05) is 0 Å². The smallest absolute Gasteiger partial charge is 0.320 e. The molecule has 0 heterocycles. The molecule has 8 heteroatoms. The Morgan fingerprint density at radius 1 is 1.00 bits per heavy atom. The second kappa shape index (κ2) is 9.29. The van der Waals surface area contributed by atoms with E-state index in [4.69, 9.17) is 21.7 Å². The molecule has 7 N–H and O–H groups in total. The monoisotopic (exact) mass is 275 g/mol.